The van der Waals surface area contributed by atoms with Crippen LogP contribution in [0, 0.1) is 5.92 Å². The number of aliphatic hydroxyl groups is 1. The first-order valence-electron chi connectivity index (χ1n) is 8.52. The van der Waals surface area contributed by atoms with Crippen molar-refractivity contribution >= 4 is 10.8 Å². The average molecular weight is 322 g/mol. The van der Waals surface area contributed by atoms with Gasteiger partial charge in [-0.1, -0.05) is 31.0 Å². The zero-order valence-electron chi connectivity index (χ0n) is 13.8. The molecule has 1 aliphatic carbocycles. The molecule has 4 rings (SSSR count). The van der Waals surface area contributed by atoms with E-state index in [4.69, 9.17) is 4.74 Å². The molecular weight excluding hydrogens is 300 g/mol. The molecule has 24 heavy (non-hydrogen) atoms. The summed E-state index contributed by atoms with van der Waals surface area (Å²) in [7, 11) is 1.67. The molecule has 124 valence electrons. The van der Waals surface area contributed by atoms with Crippen molar-refractivity contribution in [3.05, 3.63) is 60.2 Å². The van der Waals surface area contributed by atoms with E-state index in [1.54, 1.807) is 13.4 Å². The Morgan fingerprint density at radius 3 is 2.58 bits per heavy atom. The van der Waals surface area contributed by atoms with Gasteiger partial charge in [0.1, 0.15) is 11.4 Å². The van der Waals surface area contributed by atoms with Crippen LogP contribution in [0.15, 0.2) is 48.9 Å². The van der Waals surface area contributed by atoms with E-state index in [9.17, 15) is 5.11 Å². The topological polar surface area (TPSA) is 58.1 Å². The lowest BCUT2D eigenvalue weighted by Gasteiger charge is -2.33. The van der Waals surface area contributed by atoms with E-state index in [2.05, 4.69) is 22.1 Å². The van der Waals surface area contributed by atoms with Gasteiger partial charge in [0.2, 0.25) is 0 Å². The van der Waals surface area contributed by atoms with Gasteiger partial charge in [0.05, 0.1) is 19.1 Å². The van der Waals surface area contributed by atoms with Gasteiger partial charge in [-0.25, -0.2) is 4.98 Å². The predicted octanol–water partition coefficient (Wildman–Crippen LogP) is 4.00. The highest BCUT2D eigenvalue weighted by molar-refractivity contribution is 5.84. The van der Waals surface area contributed by atoms with Gasteiger partial charge >= 0.3 is 0 Å². The van der Waals surface area contributed by atoms with E-state index >= 15 is 0 Å². The molecule has 1 unspecified atom stereocenters. The molecule has 0 spiro atoms. The van der Waals surface area contributed by atoms with Gasteiger partial charge in [-0.05, 0) is 53.3 Å². The third-order valence-electron chi connectivity index (χ3n) is 5.32. The Hall–Kier alpha value is -2.33. The minimum absolute atomic E-state index is 0.205. The van der Waals surface area contributed by atoms with E-state index in [1.165, 1.54) is 12.8 Å². The number of imidazole rings is 1. The van der Waals surface area contributed by atoms with Crippen LogP contribution in [-0.4, -0.2) is 22.2 Å². The SMILES string of the molecule is COc1ccc2cc(C(O)(c3c[nH]cn3)C3CCCC3)ccc2c1. The quantitative estimate of drug-likeness (QED) is 0.763. The summed E-state index contributed by atoms with van der Waals surface area (Å²) in [5.41, 5.74) is 0.589. The van der Waals surface area contributed by atoms with Crippen molar-refractivity contribution in [3.63, 3.8) is 0 Å². The molecule has 4 heteroatoms. The number of ether oxygens (including phenoxy) is 1. The van der Waals surface area contributed by atoms with Crippen LogP contribution >= 0.6 is 0 Å². The van der Waals surface area contributed by atoms with Gasteiger partial charge in [-0.15, -0.1) is 0 Å². The van der Waals surface area contributed by atoms with Crippen molar-refractivity contribution in [1.82, 2.24) is 9.97 Å². The number of aromatic amines is 1. The molecule has 0 amide bonds. The summed E-state index contributed by atoms with van der Waals surface area (Å²) < 4.78 is 5.30. The van der Waals surface area contributed by atoms with Gasteiger partial charge < -0.3 is 14.8 Å². The Labute approximate surface area is 141 Å². The second kappa shape index (κ2) is 5.95. The standard InChI is InChI=1S/C20H22N2O2/c1-24-18-9-7-14-10-17(8-6-15(14)11-18)20(23,16-4-2-3-5-16)19-12-21-13-22-19/h6-13,16,23H,2-5H2,1H3,(H,21,22). The third-order valence-corrected chi connectivity index (χ3v) is 5.32. The molecule has 2 aromatic carbocycles. The molecule has 1 heterocycles. The molecule has 1 fully saturated rings. The molecule has 0 radical (unpaired) electrons. The molecule has 1 atom stereocenters. The van der Waals surface area contributed by atoms with Crippen molar-refractivity contribution in [2.24, 2.45) is 5.92 Å². The molecule has 3 aromatic rings. The summed E-state index contributed by atoms with van der Waals surface area (Å²) in [6.45, 7) is 0. The largest absolute Gasteiger partial charge is 0.497 e. The zero-order chi connectivity index (χ0) is 16.6. The van der Waals surface area contributed by atoms with Crippen LogP contribution in [0.3, 0.4) is 0 Å². The number of fused-ring (bicyclic) bond motifs is 1. The molecule has 1 saturated carbocycles. The van der Waals surface area contributed by atoms with Crippen LogP contribution in [0.5, 0.6) is 5.75 Å². The normalized spacial score (nSPS) is 17.9. The summed E-state index contributed by atoms with van der Waals surface area (Å²) in [5, 5.41) is 13.9. The Morgan fingerprint density at radius 1 is 1.12 bits per heavy atom. The number of methoxy groups -OCH3 is 1. The van der Waals surface area contributed by atoms with E-state index in [1.807, 2.05) is 30.5 Å². The first-order chi connectivity index (χ1) is 11.7. The highest BCUT2D eigenvalue weighted by atomic mass is 16.5. The lowest BCUT2D eigenvalue weighted by molar-refractivity contribution is 0.0153. The van der Waals surface area contributed by atoms with E-state index in [0.29, 0.717) is 5.69 Å². The maximum atomic E-state index is 11.7. The highest BCUT2D eigenvalue weighted by Gasteiger charge is 2.43. The number of hydrogen-bond donors (Lipinski definition) is 2. The number of rotatable bonds is 4. The number of aromatic nitrogens is 2. The molecule has 4 nitrogen and oxygen atoms in total. The monoisotopic (exact) mass is 322 g/mol. The molecule has 1 aliphatic rings. The van der Waals surface area contributed by atoms with E-state index < -0.39 is 5.60 Å². The summed E-state index contributed by atoms with van der Waals surface area (Å²) in [4.78, 5) is 7.38. The zero-order valence-corrected chi connectivity index (χ0v) is 13.8. The molecule has 0 aliphatic heterocycles. The maximum Gasteiger partial charge on any atom is 0.136 e. The molecule has 1 aromatic heterocycles. The molecular formula is C20H22N2O2. The van der Waals surface area contributed by atoms with Gasteiger partial charge in [-0.2, -0.15) is 0 Å². The van der Waals surface area contributed by atoms with Gasteiger partial charge in [-0.3, -0.25) is 0 Å². The fourth-order valence-electron chi connectivity index (χ4n) is 3.99. The van der Waals surface area contributed by atoms with Crippen molar-refractivity contribution in [3.8, 4) is 5.75 Å². The Kier molecular flexibility index (Phi) is 3.77. The predicted molar refractivity (Wildman–Crippen MR) is 94.0 cm³/mol. The van der Waals surface area contributed by atoms with Crippen LogP contribution in [0.4, 0.5) is 0 Å². The number of benzene rings is 2. The highest BCUT2D eigenvalue weighted by Crippen LogP contribution is 2.44. The summed E-state index contributed by atoms with van der Waals surface area (Å²) in [6, 6.07) is 12.2. The maximum absolute atomic E-state index is 11.7. The minimum Gasteiger partial charge on any atom is -0.497 e. The first-order valence-corrected chi connectivity index (χ1v) is 8.52. The second-order valence-electron chi connectivity index (χ2n) is 6.63. The minimum atomic E-state index is -1.04. The second-order valence-corrected chi connectivity index (χ2v) is 6.63. The Bertz CT molecular complexity index is 838. The fraction of sp³-hybridized carbons (Fsp3) is 0.350. The lowest BCUT2D eigenvalue weighted by Crippen LogP contribution is -2.35. The number of H-pyrrole nitrogens is 1. The molecule has 0 bridgehead atoms. The van der Waals surface area contributed by atoms with Crippen molar-refractivity contribution in [2.75, 3.05) is 7.11 Å². The number of nitrogens with zero attached hydrogens (tertiary/aromatic N) is 1. The van der Waals surface area contributed by atoms with Crippen LogP contribution in [-0.2, 0) is 5.60 Å². The lowest BCUT2D eigenvalue weighted by atomic mass is 9.77. The van der Waals surface area contributed by atoms with Crippen LogP contribution < -0.4 is 4.74 Å². The van der Waals surface area contributed by atoms with Crippen molar-refractivity contribution < 1.29 is 9.84 Å². The summed E-state index contributed by atoms with van der Waals surface area (Å²) in [5.74, 6) is 1.05. The van der Waals surface area contributed by atoms with E-state index in [-0.39, 0.29) is 5.92 Å². The van der Waals surface area contributed by atoms with Gasteiger partial charge in [0.25, 0.3) is 0 Å². The van der Waals surface area contributed by atoms with Crippen LogP contribution in [0.25, 0.3) is 10.8 Å². The Balaban J connectivity index is 1.84. The summed E-state index contributed by atoms with van der Waals surface area (Å²) >= 11 is 0. The van der Waals surface area contributed by atoms with Crippen molar-refractivity contribution in [1.29, 1.82) is 0 Å². The number of hydrogen-bond acceptors (Lipinski definition) is 3. The van der Waals surface area contributed by atoms with Crippen molar-refractivity contribution in [2.45, 2.75) is 31.3 Å². The van der Waals surface area contributed by atoms with Crippen LogP contribution in [0.2, 0.25) is 0 Å². The molecule has 2 N–H and O–H groups in total. The van der Waals surface area contributed by atoms with Gasteiger partial charge in [0.15, 0.2) is 0 Å². The fourth-order valence-corrected chi connectivity index (χ4v) is 3.99. The number of nitrogens with one attached hydrogen (secondary N) is 1. The summed E-state index contributed by atoms with van der Waals surface area (Å²) in [6.07, 6.45) is 7.86. The van der Waals surface area contributed by atoms with E-state index in [0.717, 1.165) is 34.9 Å². The molecule has 0 saturated heterocycles. The Morgan fingerprint density at radius 2 is 1.88 bits per heavy atom. The average Bonchev–Trinajstić information content (AvgIpc) is 3.33. The third kappa shape index (κ3) is 2.38. The van der Waals surface area contributed by atoms with Crippen LogP contribution in [0.1, 0.15) is 36.9 Å². The smallest absolute Gasteiger partial charge is 0.136 e. The van der Waals surface area contributed by atoms with Gasteiger partial charge in [0, 0.05) is 6.20 Å². The first kappa shape index (κ1) is 15.2.